The van der Waals surface area contributed by atoms with Gasteiger partial charge < -0.3 is 5.32 Å². The van der Waals surface area contributed by atoms with Gasteiger partial charge in [0.05, 0.1) is 10.6 Å². The first-order valence-electron chi connectivity index (χ1n) is 7.17. The predicted octanol–water partition coefficient (Wildman–Crippen LogP) is 3.37. The monoisotopic (exact) mass is 332 g/mol. The van der Waals surface area contributed by atoms with E-state index in [9.17, 15) is 13.2 Å². The lowest BCUT2D eigenvalue weighted by Crippen LogP contribution is -2.14. The Kier molecular flexibility index (Phi) is 4.75. The van der Waals surface area contributed by atoms with E-state index in [-0.39, 0.29) is 10.8 Å². The lowest BCUT2D eigenvalue weighted by Gasteiger charge is -2.13. The smallest absolute Gasteiger partial charge is 0.261 e. The normalized spacial score (nSPS) is 11.1. The quantitative estimate of drug-likeness (QED) is 0.901. The Balaban J connectivity index is 2.32. The number of hydrogen-bond acceptors (Lipinski definition) is 3. The molecule has 0 heterocycles. The third kappa shape index (κ3) is 4.10. The van der Waals surface area contributed by atoms with Crippen molar-refractivity contribution in [3.05, 3.63) is 53.1 Å². The molecular weight excluding hydrogens is 312 g/mol. The molecular formula is C17H20N2O3S. The molecule has 6 heteroatoms. The Morgan fingerprint density at radius 3 is 2.09 bits per heavy atom. The minimum absolute atomic E-state index is 0.157. The van der Waals surface area contributed by atoms with Gasteiger partial charge in [0.1, 0.15) is 0 Å². The van der Waals surface area contributed by atoms with Crippen LogP contribution in [0.4, 0.5) is 11.4 Å². The van der Waals surface area contributed by atoms with Gasteiger partial charge in [-0.1, -0.05) is 17.7 Å². The van der Waals surface area contributed by atoms with Crippen molar-refractivity contribution in [2.45, 2.75) is 32.6 Å². The molecule has 2 aromatic rings. The summed E-state index contributed by atoms with van der Waals surface area (Å²) in [5, 5.41) is 2.66. The molecule has 0 spiro atoms. The summed E-state index contributed by atoms with van der Waals surface area (Å²) in [4.78, 5) is 11.3. The van der Waals surface area contributed by atoms with E-state index in [2.05, 4.69) is 10.0 Å². The Hall–Kier alpha value is -2.34. The second-order valence-corrected chi connectivity index (χ2v) is 7.26. The number of carbonyl (C=O) groups is 1. The number of aryl methyl sites for hydroxylation is 3. The highest BCUT2D eigenvalue weighted by atomic mass is 32.2. The zero-order valence-electron chi connectivity index (χ0n) is 13.6. The summed E-state index contributed by atoms with van der Waals surface area (Å²) in [5.74, 6) is -0.197. The summed E-state index contributed by atoms with van der Waals surface area (Å²) in [7, 11) is -3.68. The highest BCUT2D eigenvalue weighted by molar-refractivity contribution is 7.92. The third-order valence-corrected chi connectivity index (χ3v) is 4.81. The van der Waals surface area contributed by atoms with Gasteiger partial charge in [0.2, 0.25) is 5.91 Å². The fourth-order valence-electron chi connectivity index (χ4n) is 2.27. The summed E-state index contributed by atoms with van der Waals surface area (Å²) < 4.78 is 27.7. The third-order valence-electron chi connectivity index (χ3n) is 3.45. The number of nitrogens with one attached hydrogen (secondary N) is 2. The van der Waals surface area contributed by atoms with Crippen LogP contribution in [0.2, 0.25) is 0 Å². The Labute approximate surface area is 136 Å². The molecule has 1 amide bonds. The van der Waals surface area contributed by atoms with E-state index in [1.165, 1.54) is 19.1 Å². The Morgan fingerprint density at radius 2 is 1.52 bits per heavy atom. The van der Waals surface area contributed by atoms with Crippen LogP contribution in [0, 0.1) is 20.8 Å². The molecule has 0 radical (unpaired) electrons. The first-order valence-corrected chi connectivity index (χ1v) is 8.65. The molecule has 2 aromatic carbocycles. The van der Waals surface area contributed by atoms with E-state index >= 15 is 0 Å². The number of amides is 1. The molecule has 2 N–H and O–H groups in total. The van der Waals surface area contributed by atoms with Crippen molar-refractivity contribution in [3.63, 3.8) is 0 Å². The maximum Gasteiger partial charge on any atom is 0.261 e. The zero-order valence-corrected chi connectivity index (χ0v) is 14.4. The standard InChI is InChI=1S/C17H20N2O3S/c1-11-5-7-17(12(2)9-11)19-23(21,22)15-6-8-16(13(3)10-15)18-14(4)20/h5-10,19H,1-4H3,(H,18,20). The maximum atomic E-state index is 12.5. The van der Waals surface area contributed by atoms with Crippen LogP contribution >= 0.6 is 0 Å². The number of carbonyl (C=O) groups excluding carboxylic acids is 1. The van der Waals surface area contributed by atoms with Gasteiger partial charge in [-0.2, -0.15) is 0 Å². The first kappa shape index (κ1) is 17.0. The number of benzene rings is 2. The number of rotatable bonds is 4. The average molecular weight is 332 g/mol. The van der Waals surface area contributed by atoms with Crippen molar-refractivity contribution < 1.29 is 13.2 Å². The summed E-state index contributed by atoms with van der Waals surface area (Å²) in [5.41, 5.74) is 3.77. The molecule has 0 fully saturated rings. The van der Waals surface area contributed by atoms with Crippen molar-refractivity contribution in [3.8, 4) is 0 Å². The Morgan fingerprint density at radius 1 is 0.913 bits per heavy atom. The van der Waals surface area contributed by atoms with Gasteiger partial charge in [0.25, 0.3) is 10.0 Å². The van der Waals surface area contributed by atoms with E-state index in [1.807, 2.05) is 26.0 Å². The van der Waals surface area contributed by atoms with E-state index < -0.39 is 10.0 Å². The van der Waals surface area contributed by atoms with Crippen molar-refractivity contribution >= 4 is 27.3 Å². The van der Waals surface area contributed by atoms with Gasteiger partial charge in [-0.3, -0.25) is 9.52 Å². The zero-order chi connectivity index (χ0) is 17.2. The van der Waals surface area contributed by atoms with Crippen LogP contribution in [-0.4, -0.2) is 14.3 Å². The minimum atomic E-state index is -3.68. The maximum absolute atomic E-state index is 12.5. The topological polar surface area (TPSA) is 75.3 Å². The summed E-state index contributed by atoms with van der Waals surface area (Å²) >= 11 is 0. The van der Waals surface area contributed by atoms with Crippen LogP contribution in [0.5, 0.6) is 0 Å². The molecule has 0 aliphatic rings. The van der Waals surface area contributed by atoms with Crippen LogP contribution in [-0.2, 0) is 14.8 Å². The predicted molar refractivity (Wildman–Crippen MR) is 92.2 cm³/mol. The second-order valence-electron chi connectivity index (χ2n) is 5.58. The molecule has 0 aliphatic heterocycles. The molecule has 0 saturated carbocycles. The summed E-state index contributed by atoms with van der Waals surface area (Å²) in [6.45, 7) is 6.97. The van der Waals surface area contributed by atoms with E-state index in [4.69, 9.17) is 0 Å². The van der Waals surface area contributed by atoms with Gasteiger partial charge in [-0.15, -0.1) is 0 Å². The van der Waals surface area contributed by atoms with E-state index in [1.54, 1.807) is 19.1 Å². The molecule has 0 aliphatic carbocycles. The Bertz CT molecular complexity index is 858. The van der Waals surface area contributed by atoms with Crippen molar-refractivity contribution in [1.29, 1.82) is 0 Å². The van der Waals surface area contributed by atoms with Crippen LogP contribution < -0.4 is 10.0 Å². The van der Waals surface area contributed by atoms with Gasteiger partial charge in [-0.25, -0.2) is 8.42 Å². The molecule has 0 saturated heterocycles. The molecule has 0 aromatic heterocycles. The van der Waals surface area contributed by atoms with E-state index in [0.717, 1.165) is 11.1 Å². The number of anilines is 2. The first-order chi connectivity index (χ1) is 10.7. The van der Waals surface area contributed by atoms with Gasteiger partial charge >= 0.3 is 0 Å². The molecule has 2 rings (SSSR count). The van der Waals surface area contributed by atoms with Crippen LogP contribution in [0.3, 0.4) is 0 Å². The molecule has 0 bridgehead atoms. The van der Waals surface area contributed by atoms with Crippen LogP contribution in [0.25, 0.3) is 0 Å². The van der Waals surface area contributed by atoms with Crippen molar-refractivity contribution in [1.82, 2.24) is 0 Å². The molecule has 0 atom stereocenters. The van der Waals surface area contributed by atoms with E-state index in [0.29, 0.717) is 16.9 Å². The minimum Gasteiger partial charge on any atom is -0.326 e. The molecule has 5 nitrogen and oxygen atoms in total. The fraction of sp³-hybridized carbons (Fsp3) is 0.235. The van der Waals surface area contributed by atoms with Crippen LogP contribution in [0.1, 0.15) is 23.6 Å². The van der Waals surface area contributed by atoms with Crippen LogP contribution in [0.15, 0.2) is 41.3 Å². The van der Waals surface area contributed by atoms with Crippen molar-refractivity contribution in [2.24, 2.45) is 0 Å². The molecule has 23 heavy (non-hydrogen) atoms. The lowest BCUT2D eigenvalue weighted by molar-refractivity contribution is -0.114. The number of sulfonamides is 1. The van der Waals surface area contributed by atoms with Gasteiger partial charge in [0, 0.05) is 12.6 Å². The largest absolute Gasteiger partial charge is 0.326 e. The second kappa shape index (κ2) is 6.42. The highest BCUT2D eigenvalue weighted by Gasteiger charge is 2.16. The van der Waals surface area contributed by atoms with Gasteiger partial charge in [0.15, 0.2) is 0 Å². The fourth-order valence-corrected chi connectivity index (χ4v) is 3.48. The average Bonchev–Trinajstić information content (AvgIpc) is 2.43. The SMILES string of the molecule is CC(=O)Nc1ccc(S(=O)(=O)Nc2ccc(C)cc2C)cc1C. The summed E-state index contributed by atoms with van der Waals surface area (Å²) in [6.07, 6.45) is 0. The summed E-state index contributed by atoms with van der Waals surface area (Å²) in [6, 6.07) is 10.1. The van der Waals surface area contributed by atoms with Gasteiger partial charge in [-0.05, 0) is 56.2 Å². The van der Waals surface area contributed by atoms with Crippen molar-refractivity contribution in [2.75, 3.05) is 10.0 Å². The highest BCUT2D eigenvalue weighted by Crippen LogP contribution is 2.24. The molecule has 122 valence electrons. The lowest BCUT2D eigenvalue weighted by atomic mass is 10.1. The number of hydrogen-bond donors (Lipinski definition) is 2. The molecule has 0 unspecified atom stereocenters.